The normalized spacial score (nSPS) is 24.6. The summed E-state index contributed by atoms with van der Waals surface area (Å²) in [5, 5.41) is 15.0. The smallest absolute Gasteiger partial charge is 0.319 e. The van der Waals surface area contributed by atoms with Crippen molar-refractivity contribution in [1.82, 2.24) is 5.32 Å². The van der Waals surface area contributed by atoms with E-state index in [9.17, 15) is 14.7 Å². The van der Waals surface area contributed by atoms with Gasteiger partial charge in [-0.3, -0.25) is 4.79 Å². The first-order valence-electron chi connectivity index (χ1n) is 7.21. The predicted octanol–water partition coefficient (Wildman–Crippen LogP) is 3.07. The van der Waals surface area contributed by atoms with E-state index in [2.05, 4.69) is 10.6 Å². The summed E-state index contributed by atoms with van der Waals surface area (Å²) in [4.78, 5) is 23.5. The molecule has 1 aliphatic rings. The number of amides is 2. The number of carbonyl (C=O) groups excluding carboxylic acids is 1. The molecular weight excluding hydrogens is 268 g/mol. The van der Waals surface area contributed by atoms with Gasteiger partial charge >= 0.3 is 12.0 Å². The molecule has 5 heteroatoms. The SMILES string of the molecule is Cc1ccc(NC(=O)NC2CCCC2(C)C(=O)O)c(C)c1. The Labute approximate surface area is 124 Å². The fourth-order valence-electron chi connectivity index (χ4n) is 2.92. The third-order valence-corrected chi connectivity index (χ3v) is 4.38. The number of hydrogen-bond donors (Lipinski definition) is 3. The van der Waals surface area contributed by atoms with Crippen LogP contribution in [-0.4, -0.2) is 23.1 Å². The van der Waals surface area contributed by atoms with Gasteiger partial charge < -0.3 is 15.7 Å². The molecule has 3 N–H and O–H groups in total. The highest BCUT2D eigenvalue weighted by atomic mass is 16.4. The lowest BCUT2D eigenvalue weighted by Crippen LogP contribution is -2.48. The van der Waals surface area contributed by atoms with Gasteiger partial charge in [-0.25, -0.2) is 4.79 Å². The molecule has 2 rings (SSSR count). The molecule has 21 heavy (non-hydrogen) atoms. The number of aryl methyl sites for hydroxylation is 2. The van der Waals surface area contributed by atoms with Crippen molar-refractivity contribution in [1.29, 1.82) is 0 Å². The molecule has 1 aromatic rings. The van der Waals surface area contributed by atoms with Gasteiger partial charge in [-0.2, -0.15) is 0 Å². The van der Waals surface area contributed by atoms with Crippen LogP contribution in [0.3, 0.4) is 0 Å². The summed E-state index contributed by atoms with van der Waals surface area (Å²) in [5.41, 5.74) is 1.98. The Morgan fingerprint density at radius 2 is 2.05 bits per heavy atom. The van der Waals surface area contributed by atoms with E-state index < -0.39 is 11.4 Å². The minimum atomic E-state index is -0.875. The minimum Gasteiger partial charge on any atom is -0.481 e. The summed E-state index contributed by atoms with van der Waals surface area (Å²) in [7, 11) is 0. The van der Waals surface area contributed by atoms with Gasteiger partial charge in [-0.15, -0.1) is 0 Å². The molecule has 5 nitrogen and oxygen atoms in total. The van der Waals surface area contributed by atoms with Crippen LogP contribution in [0.2, 0.25) is 0 Å². The summed E-state index contributed by atoms with van der Waals surface area (Å²) in [6.07, 6.45) is 2.11. The highest BCUT2D eigenvalue weighted by Crippen LogP contribution is 2.38. The van der Waals surface area contributed by atoms with Crippen LogP contribution in [0.1, 0.15) is 37.3 Å². The van der Waals surface area contributed by atoms with E-state index in [1.54, 1.807) is 6.92 Å². The number of urea groups is 1. The standard InChI is InChI=1S/C16H22N2O3/c1-10-6-7-12(11(2)9-10)17-15(21)18-13-5-4-8-16(13,3)14(19)20/h6-7,9,13H,4-5,8H2,1-3H3,(H,19,20)(H2,17,18,21). The maximum atomic E-state index is 12.1. The molecule has 0 saturated heterocycles. The van der Waals surface area contributed by atoms with Crippen molar-refractivity contribution < 1.29 is 14.7 Å². The van der Waals surface area contributed by atoms with Crippen molar-refractivity contribution >= 4 is 17.7 Å². The van der Waals surface area contributed by atoms with Gasteiger partial charge in [0, 0.05) is 11.7 Å². The first-order chi connectivity index (χ1) is 9.83. The number of anilines is 1. The van der Waals surface area contributed by atoms with Crippen molar-refractivity contribution in [2.75, 3.05) is 5.32 Å². The molecule has 0 aliphatic heterocycles. The Hall–Kier alpha value is -2.04. The van der Waals surface area contributed by atoms with Crippen molar-refractivity contribution in [2.24, 2.45) is 5.41 Å². The number of benzene rings is 1. The van der Waals surface area contributed by atoms with Gasteiger partial charge in [0.2, 0.25) is 0 Å². The largest absolute Gasteiger partial charge is 0.481 e. The van der Waals surface area contributed by atoms with E-state index in [0.717, 1.165) is 23.2 Å². The van der Waals surface area contributed by atoms with Gasteiger partial charge in [0.15, 0.2) is 0 Å². The van der Waals surface area contributed by atoms with Crippen LogP contribution in [0.5, 0.6) is 0 Å². The quantitative estimate of drug-likeness (QED) is 0.800. The highest BCUT2D eigenvalue weighted by Gasteiger charge is 2.45. The third-order valence-electron chi connectivity index (χ3n) is 4.38. The number of carboxylic acids is 1. The molecule has 1 saturated carbocycles. The van der Waals surface area contributed by atoms with Crippen molar-refractivity contribution in [2.45, 2.75) is 46.1 Å². The van der Waals surface area contributed by atoms with E-state index in [4.69, 9.17) is 0 Å². The zero-order valence-corrected chi connectivity index (χ0v) is 12.7. The molecule has 0 heterocycles. The number of nitrogens with one attached hydrogen (secondary N) is 2. The van der Waals surface area contributed by atoms with Gasteiger partial charge in [0.25, 0.3) is 0 Å². The van der Waals surface area contributed by atoms with Crippen molar-refractivity contribution in [3.63, 3.8) is 0 Å². The Balaban J connectivity index is 2.03. The summed E-state index contributed by atoms with van der Waals surface area (Å²) in [6, 6.07) is 5.10. The Morgan fingerprint density at radius 1 is 1.33 bits per heavy atom. The van der Waals surface area contributed by atoms with E-state index in [1.807, 2.05) is 32.0 Å². The van der Waals surface area contributed by atoms with Crippen LogP contribution in [0, 0.1) is 19.3 Å². The van der Waals surface area contributed by atoms with Gasteiger partial charge in [-0.05, 0) is 45.2 Å². The first-order valence-corrected chi connectivity index (χ1v) is 7.21. The van der Waals surface area contributed by atoms with Crippen LogP contribution in [-0.2, 0) is 4.79 Å². The summed E-state index contributed by atoms with van der Waals surface area (Å²) < 4.78 is 0. The molecule has 1 fully saturated rings. The lowest BCUT2D eigenvalue weighted by atomic mass is 9.85. The number of carboxylic acid groups (broad SMARTS) is 1. The molecule has 0 aromatic heterocycles. The second-order valence-electron chi connectivity index (χ2n) is 6.08. The number of carbonyl (C=O) groups is 2. The number of rotatable bonds is 3. The third kappa shape index (κ3) is 3.17. The molecule has 2 amide bonds. The van der Waals surface area contributed by atoms with Crippen LogP contribution in [0.15, 0.2) is 18.2 Å². The van der Waals surface area contributed by atoms with Crippen molar-refractivity contribution in [3.05, 3.63) is 29.3 Å². The fourth-order valence-corrected chi connectivity index (χ4v) is 2.92. The van der Waals surface area contributed by atoms with Gasteiger partial charge in [-0.1, -0.05) is 24.1 Å². The highest BCUT2D eigenvalue weighted by molar-refractivity contribution is 5.91. The molecule has 0 radical (unpaired) electrons. The van der Waals surface area contributed by atoms with Crippen LogP contribution < -0.4 is 10.6 Å². The summed E-state index contributed by atoms with van der Waals surface area (Å²) in [6.45, 7) is 5.62. The Bertz CT molecular complexity index is 571. The molecule has 1 aliphatic carbocycles. The lowest BCUT2D eigenvalue weighted by Gasteiger charge is -2.27. The molecule has 114 valence electrons. The van der Waals surface area contributed by atoms with E-state index in [0.29, 0.717) is 12.8 Å². The molecule has 2 unspecified atom stereocenters. The molecule has 0 bridgehead atoms. The van der Waals surface area contributed by atoms with Crippen LogP contribution >= 0.6 is 0 Å². The fraction of sp³-hybridized carbons (Fsp3) is 0.500. The maximum absolute atomic E-state index is 12.1. The molecule has 0 spiro atoms. The Morgan fingerprint density at radius 3 is 2.67 bits per heavy atom. The Kier molecular flexibility index (Phi) is 4.21. The van der Waals surface area contributed by atoms with Crippen LogP contribution in [0.4, 0.5) is 10.5 Å². The summed E-state index contributed by atoms with van der Waals surface area (Å²) >= 11 is 0. The molecular formula is C16H22N2O3. The van der Waals surface area contributed by atoms with Crippen molar-refractivity contribution in [3.8, 4) is 0 Å². The zero-order valence-electron chi connectivity index (χ0n) is 12.7. The first kappa shape index (κ1) is 15.4. The van der Waals surface area contributed by atoms with E-state index >= 15 is 0 Å². The average molecular weight is 290 g/mol. The average Bonchev–Trinajstić information content (AvgIpc) is 2.76. The number of hydrogen-bond acceptors (Lipinski definition) is 2. The van der Waals surface area contributed by atoms with Crippen LogP contribution in [0.25, 0.3) is 0 Å². The zero-order chi connectivity index (χ0) is 15.6. The van der Waals surface area contributed by atoms with E-state index in [-0.39, 0.29) is 12.1 Å². The number of aliphatic carboxylic acids is 1. The maximum Gasteiger partial charge on any atom is 0.319 e. The molecule has 1 aromatic carbocycles. The van der Waals surface area contributed by atoms with Gasteiger partial charge in [0.05, 0.1) is 5.41 Å². The van der Waals surface area contributed by atoms with Gasteiger partial charge in [0.1, 0.15) is 0 Å². The predicted molar refractivity (Wildman–Crippen MR) is 81.5 cm³/mol. The monoisotopic (exact) mass is 290 g/mol. The second-order valence-corrected chi connectivity index (χ2v) is 6.08. The minimum absolute atomic E-state index is 0.333. The molecule has 2 atom stereocenters. The second kappa shape index (κ2) is 5.76. The summed E-state index contributed by atoms with van der Waals surface area (Å²) in [5.74, 6) is -0.850. The van der Waals surface area contributed by atoms with E-state index in [1.165, 1.54) is 0 Å². The lowest BCUT2D eigenvalue weighted by molar-refractivity contribution is -0.148. The topological polar surface area (TPSA) is 78.4 Å².